The van der Waals surface area contributed by atoms with E-state index in [9.17, 15) is 9.59 Å². The maximum absolute atomic E-state index is 11.6. The highest BCUT2D eigenvalue weighted by atomic mass is 16.6. The Morgan fingerprint density at radius 2 is 2.12 bits per heavy atom. The smallest absolute Gasteiger partial charge is 0.312 e. The van der Waals surface area contributed by atoms with Crippen molar-refractivity contribution in [3.05, 3.63) is 11.6 Å². The van der Waals surface area contributed by atoms with Gasteiger partial charge in [0, 0.05) is 12.8 Å². The van der Waals surface area contributed by atoms with Crippen LogP contribution in [0.5, 0.6) is 0 Å². The molecule has 1 aliphatic heterocycles. The number of ether oxygens (including phenoxy) is 1. The van der Waals surface area contributed by atoms with E-state index in [-0.39, 0.29) is 23.7 Å². The first kappa shape index (κ1) is 10.9. The lowest BCUT2D eigenvalue weighted by Gasteiger charge is -2.27. The third kappa shape index (κ3) is 1.53. The standard InChI is InChI=1S/C12H13NO3/c1-11(2)7-12(16-10(11)15)4-3-9(14)8(5-12)6-13/h5H,3-4,7H2,1-2H3. The number of allylic oxidation sites excluding steroid dienone is 1. The molecular weight excluding hydrogens is 206 g/mol. The predicted molar refractivity (Wildman–Crippen MR) is 55.2 cm³/mol. The molecule has 1 fully saturated rings. The normalized spacial score (nSPS) is 32.2. The van der Waals surface area contributed by atoms with Gasteiger partial charge in [-0.25, -0.2) is 0 Å². The minimum absolute atomic E-state index is 0.122. The number of rotatable bonds is 0. The van der Waals surface area contributed by atoms with Crippen molar-refractivity contribution in [1.29, 1.82) is 5.26 Å². The van der Waals surface area contributed by atoms with Crippen molar-refractivity contribution in [3.63, 3.8) is 0 Å². The van der Waals surface area contributed by atoms with Crippen LogP contribution in [0.2, 0.25) is 0 Å². The average molecular weight is 219 g/mol. The molecule has 0 aromatic rings. The van der Waals surface area contributed by atoms with Gasteiger partial charge in [0.1, 0.15) is 11.7 Å². The Balaban J connectivity index is 2.37. The number of esters is 1. The van der Waals surface area contributed by atoms with E-state index in [0.717, 1.165) is 0 Å². The van der Waals surface area contributed by atoms with E-state index in [0.29, 0.717) is 12.8 Å². The van der Waals surface area contributed by atoms with Crippen molar-refractivity contribution in [1.82, 2.24) is 0 Å². The van der Waals surface area contributed by atoms with Crippen molar-refractivity contribution >= 4 is 11.8 Å². The molecule has 0 aromatic heterocycles. The Kier molecular flexibility index (Phi) is 2.16. The van der Waals surface area contributed by atoms with Crippen LogP contribution in [0.3, 0.4) is 0 Å². The van der Waals surface area contributed by atoms with E-state index in [1.807, 2.05) is 19.9 Å². The van der Waals surface area contributed by atoms with Gasteiger partial charge in [0.15, 0.2) is 5.78 Å². The molecule has 2 rings (SSSR count). The Morgan fingerprint density at radius 3 is 2.62 bits per heavy atom. The van der Waals surface area contributed by atoms with Crippen LogP contribution < -0.4 is 0 Å². The van der Waals surface area contributed by atoms with Crippen LogP contribution in [0.1, 0.15) is 33.1 Å². The van der Waals surface area contributed by atoms with Gasteiger partial charge in [0.25, 0.3) is 0 Å². The fraction of sp³-hybridized carbons (Fsp3) is 0.583. The predicted octanol–water partition coefficient (Wildman–Crippen LogP) is 1.51. The molecule has 4 heteroatoms. The number of hydrogen-bond acceptors (Lipinski definition) is 4. The first-order valence-corrected chi connectivity index (χ1v) is 5.28. The van der Waals surface area contributed by atoms with Crippen molar-refractivity contribution in [2.24, 2.45) is 5.41 Å². The van der Waals surface area contributed by atoms with Gasteiger partial charge in [-0.05, 0) is 26.3 Å². The van der Waals surface area contributed by atoms with Crippen molar-refractivity contribution < 1.29 is 14.3 Å². The summed E-state index contributed by atoms with van der Waals surface area (Å²) in [5, 5.41) is 8.82. The first-order valence-electron chi connectivity index (χ1n) is 5.28. The van der Waals surface area contributed by atoms with E-state index in [1.54, 1.807) is 0 Å². The third-order valence-corrected chi connectivity index (χ3v) is 3.19. The fourth-order valence-electron chi connectivity index (χ4n) is 2.37. The van der Waals surface area contributed by atoms with E-state index >= 15 is 0 Å². The van der Waals surface area contributed by atoms with Crippen molar-refractivity contribution in [2.75, 3.05) is 0 Å². The summed E-state index contributed by atoms with van der Waals surface area (Å²) >= 11 is 0. The van der Waals surface area contributed by atoms with Crippen LogP contribution in [0.15, 0.2) is 11.6 Å². The molecule has 0 radical (unpaired) electrons. The Bertz CT molecular complexity index is 442. The SMILES string of the molecule is CC1(C)CC2(C=C(C#N)C(=O)CC2)OC1=O. The Morgan fingerprint density at radius 1 is 1.44 bits per heavy atom. The quantitative estimate of drug-likeness (QED) is 0.579. The summed E-state index contributed by atoms with van der Waals surface area (Å²) in [6.07, 6.45) is 2.84. The second-order valence-electron chi connectivity index (χ2n) is 5.11. The zero-order valence-corrected chi connectivity index (χ0v) is 9.37. The molecule has 1 unspecified atom stereocenters. The second-order valence-corrected chi connectivity index (χ2v) is 5.11. The highest BCUT2D eigenvalue weighted by molar-refractivity contribution is 6.00. The molecule has 0 saturated carbocycles. The topological polar surface area (TPSA) is 67.2 Å². The second kappa shape index (κ2) is 3.18. The molecule has 0 aromatic carbocycles. The Labute approximate surface area is 93.9 Å². The maximum atomic E-state index is 11.6. The lowest BCUT2D eigenvalue weighted by atomic mass is 9.77. The number of nitriles is 1. The number of nitrogens with zero attached hydrogens (tertiary/aromatic N) is 1. The van der Waals surface area contributed by atoms with Crippen LogP contribution in [0.4, 0.5) is 0 Å². The van der Waals surface area contributed by atoms with Crippen LogP contribution in [0, 0.1) is 16.7 Å². The fourth-order valence-corrected chi connectivity index (χ4v) is 2.37. The zero-order valence-electron chi connectivity index (χ0n) is 9.37. The van der Waals surface area contributed by atoms with Gasteiger partial charge in [-0.2, -0.15) is 5.26 Å². The van der Waals surface area contributed by atoms with Gasteiger partial charge in [-0.15, -0.1) is 0 Å². The molecule has 0 N–H and O–H groups in total. The lowest BCUT2D eigenvalue weighted by molar-refractivity contribution is -0.151. The van der Waals surface area contributed by atoms with Gasteiger partial charge in [0.05, 0.1) is 11.0 Å². The van der Waals surface area contributed by atoms with Gasteiger partial charge >= 0.3 is 5.97 Å². The van der Waals surface area contributed by atoms with Crippen LogP contribution in [0.25, 0.3) is 0 Å². The van der Waals surface area contributed by atoms with E-state index in [4.69, 9.17) is 10.00 Å². The van der Waals surface area contributed by atoms with E-state index in [1.165, 1.54) is 6.08 Å². The third-order valence-electron chi connectivity index (χ3n) is 3.19. The van der Waals surface area contributed by atoms with Gasteiger partial charge in [0.2, 0.25) is 0 Å². The Hall–Kier alpha value is -1.63. The summed E-state index contributed by atoms with van der Waals surface area (Å²) in [4.78, 5) is 23.0. The minimum Gasteiger partial charge on any atom is -0.454 e. The molecule has 1 spiro atoms. The molecule has 2 aliphatic rings. The monoisotopic (exact) mass is 219 g/mol. The largest absolute Gasteiger partial charge is 0.454 e. The zero-order chi connectivity index (χ0) is 12.0. The number of Topliss-reactive ketones (excluding diaryl/α,β-unsaturated/α-hetero) is 1. The number of ketones is 1. The summed E-state index contributed by atoms with van der Waals surface area (Å²) in [7, 11) is 0. The first-order chi connectivity index (χ1) is 7.38. The molecule has 0 amide bonds. The van der Waals surface area contributed by atoms with E-state index in [2.05, 4.69) is 0 Å². The number of carbonyl (C=O) groups is 2. The van der Waals surface area contributed by atoms with Crippen LogP contribution in [-0.2, 0) is 14.3 Å². The summed E-state index contributed by atoms with van der Waals surface area (Å²) in [6, 6.07) is 1.87. The average Bonchev–Trinajstić information content (AvgIpc) is 2.42. The molecule has 1 heterocycles. The molecule has 4 nitrogen and oxygen atoms in total. The summed E-state index contributed by atoms with van der Waals surface area (Å²) < 4.78 is 5.37. The van der Waals surface area contributed by atoms with Gasteiger partial charge < -0.3 is 4.74 Å². The molecule has 1 aliphatic carbocycles. The highest BCUT2D eigenvalue weighted by Gasteiger charge is 2.52. The molecule has 0 bridgehead atoms. The number of carbonyl (C=O) groups excluding carboxylic acids is 2. The molecule has 84 valence electrons. The molecular formula is C12H13NO3. The molecule has 1 atom stereocenters. The van der Waals surface area contributed by atoms with E-state index < -0.39 is 11.0 Å². The maximum Gasteiger partial charge on any atom is 0.312 e. The summed E-state index contributed by atoms with van der Waals surface area (Å²) in [5.41, 5.74) is -1.13. The molecule has 1 saturated heterocycles. The molecule has 16 heavy (non-hydrogen) atoms. The van der Waals surface area contributed by atoms with Crippen LogP contribution >= 0.6 is 0 Å². The van der Waals surface area contributed by atoms with Crippen molar-refractivity contribution in [3.8, 4) is 6.07 Å². The highest BCUT2D eigenvalue weighted by Crippen LogP contribution is 2.45. The van der Waals surface area contributed by atoms with Gasteiger partial charge in [-0.3, -0.25) is 9.59 Å². The van der Waals surface area contributed by atoms with Crippen LogP contribution in [-0.4, -0.2) is 17.4 Å². The number of hydrogen-bond donors (Lipinski definition) is 0. The summed E-state index contributed by atoms with van der Waals surface area (Å²) in [6.45, 7) is 3.64. The lowest BCUT2D eigenvalue weighted by Crippen LogP contribution is -2.32. The summed E-state index contributed by atoms with van der Waals surface area (Å²) in [5.74, 6) is -0.413. The van der Waals surface area contributed by atoms with Gasteiger partial charge in [-0.1, -0.05) is 0 Å². The van der Waals surface area contributed by atoms with Crippen molar-refractivity contribution in [2.45, 2.75) is 38.7 Å². The minimum atomic E-state index is -0.723.